The van der Waals surface area contributed by atoms with E-state index in [1.807, 2.05) is 20.8 Å². The van der Waals surface area contributed by atoms with E-state index in [0.717, 1.165) is 0 Å². The molecule has 0 bridgehead atoms. The van der Waals surface area contributed by atoms with E-state index in [0.29, 0.717) is 24.1 Å². The first-order valence-electron chi connectivity index (χ1n) is 6.05. The highest BCUT2D eigenvalue weighted by Gasteiger charge is 2.19. The molecular weight excluding hydrogens is 264 g/mol. The molecule has 5 heteroatoms. The molecule has 0 radical (unpaired) electrons. The maximum absolute atomic E-state index is 11.9. The van der Waals surface area contributed by atoms with E-state index in [-0.39, 0.29) is 24.1 Å². The number of nitrogens with two attached hydrogens (primary N) is 1. The topological polar surface area (TPSA) is 72.2 Å². The third-order valence-electron chi connectivity index (χ3n) is 2.75. The zero-order valence-electron chi connectivity index (χ0n) is 11.5. The van der Waals surface area contributed by atoms with Gasteiger partial charge < -0.3 is 11.1 Å². The fraction of sp³-hybridized carbons (Fsp3) is 0.429. The van der Waals surface area contributed by atoms with Gasteiger partial charge in [-0.25, -0.2) is 0 Å². The summed E-state index contributed by atoms with van der Waals surface area (Å²) in [6.45, 7) is 5.90. The summed E-state index contributed by atoms with van der Waals surface area (Å²) >= 11 is 0. The Morgan fingerprint density at radius 2 is 1.63 bits per heavy atom. The summed E-state index contributed by atoms with van der Waals surface area (Å²) < 4.78 is 0. The van der Waals surface area contributed by atoms with Crippen molar-refractivity contribution in [3.8, 4) is 0 Å². The number of hydrogen-bond acceptors (Lipinski definition) is 3. The van der Waals surface area contributed by atoms with Crippen molar-refractivity contribution in [3.05, 3.63) is 35.4 Å². The monoisotopic (exact) mass is 284 g/mol. The highest BCUT2D eigenvalue weighted by atomic mass is 35.5. The number of amides is 1. The van der Waals surface area contributed by atoms with Crippen LogP contribution < -0.4 is 11.1 Å². The Kier molecular flexibility index (Phi) is 6.73. The van der Waals surface area contributed by atoms with E-state index in [9.17, 15) is 9.59 Å². The molecule has 1 aromatic rings. The molecule has 3 N–H and O–H groups in total. The van der Waals surface area contributed by atoms with Crippen LogP contribution in [0.2, 0.25) is 0 Å². The van der Waals surface area contributed by atoms with Gasteiger partial charge >= 0.3 is 0 Å². The Morgan fingerprint density at radius 1 is 1.16 bits per heavy atom. The number of ketones is 1. The first kappa shape index (κ1) is 17.6. The normalized spacial score (nSPS) is 10.5. The molecule has 1 aromatic carbocycles. The second-order valence-corrected chi connectivity index (χ2v) is 4.90. The van der Waals surface area contributed by atoms with Crippen LogP contribution in [-0.2, 0) is 0 Å². The van der Waals surface area contributed by atoms with Crippen molar-refractivity contribution in [2.75, 3.05) is 6.54 Å². The number of carbonyl (C=O) groups is 2. The van der Waals surface area contributed by atoms with E-state index >= 15 is 0 Å². The summed E-state index contributed by atoms with van der Waals surface area (Å²) in [5.41, 5.74) is 6.28. The molecule has 0 saturated carbocycles. The zero-order valence-corrected chi connectivity index (χ0v) is 12.3. The quantitative estimate of drug-likeness (QED) is 0.814. The highest BCUT2D eigenvalue weighted by Crippen LogP contribution is 2.08. The minimum absolute atomic E-state index is 0. The number of carbonyl (C=O) groups excluding carboxylic acids is 2. The van der Waals surface area contributed by atoms with Crippen molar-refractivity contribution in [1.82, 2.24) is 5.32 Å². The molecule has 4 nitrogen and oxygen atoms in total. The van der Waals surface area contributed by atoms with Gasteiger partial charge in [0.05, 0.1) is 0 Å². The van der Waals surface area contributed by atoms with Crippen molar-refractivity contribution in [2.45, 2.75) is 32.7 Å². The molecule has 0 aliphatic heterocycles. The van der Waals surface area contributed by atoms with Crippen LogP contribution in [0.15, 0.2) is 24.3 Å². The number of halogens is 1. The number of hydrogen-bond donors (Lipinski definition) is 2. The molecule has 0 fully saturated rings. The lowest BCUT2D eigenvalue weighted by Crippen LogP contribution is -2.48. The lowest BCUT2D eigenvalue weighted by Gasteiger charge is -2.24. The molecule has 1 amide bonds. The Balaban J connectivity index is 0.00000324. The third kappa shape index (κ3) is 5.01. The number of rotatable bonds is 5. The Morgan fingerprint density at radius 3 is 2.05 bits per heavy atom. The van der Waals surface area contributed by atoms with Gasteiger partial charge in [-0.05, 0) is 26.0 Å². The number of benzene rings is 1. The fourth-order valence-corrected chi connectivity index (χ4v) is 1.44. The maximum atomic E-state index is 11.9. The van der Waals surface area contributed by atoms with Gasteiger partial charge in [0, 0.05) is 29.6 Å². The van der Waals surface area contributed by atoms with E-state index in [1.54, 1.807) is 24.3 Å². The highest BCUT2D eigenvalue weighted by molar-refractivity contribution is 5.98. The van der Waals surface area contributed by atoms with Crippen LogP contribution in [0.3, 0.4) is 0 Å². The van der Waals surface area contributed by atoms with Crippen molar-refractivity contribution in [2.24, 2.45) is 5.73 Å². The van der Waals surface area contributed by atoms with Gasteiger partial charge in [0.2, 0.25) is 0 Å². The van der Waals surface area contributed by atoms with Crippen molar-refractivity contribution >= 4 is 24.1 Å². The van der Waals surface area contributed by atoms with Crippen LogP contribution >= 0.6 is 12.4 Å². The van der Waals surface area contributed by atoms with E-state index < -0.39 is 5.54 Å². The summed E-state index contributed by atoms with van der Waals surface area (Å²) in [7, 11) is 0. The van der Waals surface area contributed by atoms with Crippen LogP contribution in [0.5, 0.6) is 0 Å². The molecular formula is C14H21ClN2O2. The maximum Gasteiger partial charge on any atom is 0.251 e. The molecule has 0 heterocycles. The standard InChI is InChI=1S/C14H20N2O2.ClH/c1-4-12(17)10-5-7-11(8-6-10)13(18)16-14(2,3)9-15;/h5-8H,4,9,15H2,1-3H3,(H,16,18);1H. The molecule has 0 aromatic heterocycles. The van der Waals surface area contributed by atoms with Crippen LogP contribution in [0, 0.1) is 0 Å². The molecule has 0 atom stereocenters. The third-order valence-corrected chi connectivity index (χ3v) is 2.75. The van der Waals surface area contributed by atoms with Gasteiger partial charge in [0.1, 0.15) is 0 Å². The van der Waals surface area contributed by atoms with Crippen molar-refractivity contribution in [3.63, 3.8) is 0 Å². The van der Waals surface area contributed by atoms with E-state index in [2.05, 4.69) is 5.32 Å². The van der Waals surface area contributed by atoms with Crippen molar-refractivity contribution < 1.29 is 9.59 Å². The summed E-state index contributed by atoms with van der Waals surface area (Å²) in [6, 6.07) is 6.67. The van der Waals surface area contributed by atoms with Gasteiger partial charge in [-0.3, -0.25) is 9.59 Å². The van der Waals surface area contributed by atoms with Crippen LogP contribution in [0.1, 0.15) is 47.9 Å². The van der Waals surface area contributed by atoms with Crippen LogP contribution in [-0.4, -0.2) is 23.8 Å². The first-order chi connectivity index (χ1) is 8.39. The van der Waals surface area contributed by atoms with Crippen LogP contribution in [0.4, 0.5) is 0 Å². The predicted octanol–water partition coefficient (Wildman–Crippen LogP) is 2.17. The van der Waals surface area contributed by atoms with E-state index in [4.69, 9.17) is 5.73 Å². The van der Waals surface area contributed by atoms with Crippen molar-refractivity contribution in [1.29, 1.82) is 0 Å². The van der Waals surface area contributed by atoms with Gasteiger partial charge in [0.15, 0.2) is 5.78 Å². The van der Waals surface area contributed by atoms with Gasteiger partial charge in [-0.2, -0.15) is 0 Å². The van der Waals surface area contributed by atoms with Gasteiger partial charge in [0.25, 0.3) is 5.91 Å². The molecule has 0 aliphatic carbocycles. The van der Waals surface area contributed by atoms with Gasteiger partial charge in [-0.15, -0.1) is 12.4 Å². The number of nitrogens with one attached hydrogen (secondary N) is 1. The average Bonchev–Trinajstić information content (AvgIpc) is 2.37. The SMILES string of the molecule is CCC(=O)c1ccc(C(=O)NC(C)(C)CN)cc1.Cl. The average molecular weight is 285 g/mol. The molecule has 0 saturated heterocycles. The largest absolute Gasteiger partial charge is 0.346 e. The molecule has 0 aliphatic rings. The summed E-state index contributed by atoms with van der Waals surface area (Å²) in [5.74, 6) is -0.106. The molecule has 1 rings (SSSR count). The summed E-state index contributed by atoms with van der Waals surface area (Å²) in [5, 5.41) is 2.84. The van der Waals surface area contributed by atoms with Crippen LogP contribution in [0.25, 0.3) is 0 Å². The number of Topliss-reactive ketones (excluding diaryl/α,β-unsaturated/α-hetero) is 1. The molecule has 0 spiro atoms. The summed E-state index contributed by atoms with van der Waals surface area (Å²) in [6.07, 6.45) is 0.464. The Hall–Kier alpha value is -1.39. The molecule has 106 valence electrons. The predicted molar refractivity (Wildman–Crippen MR) is 78.9 cm³/mol. The summed E-state index contributed by atoms with van der Waals surface area (Å²) in [4.78, 5) is 23.4. The smallest absolute Gasteiger partial charge is 0.251 e. The molecule has 0 unspecified atom stereocenters. The Labute approximate surface area is 120 Å². The lowest BCUT2D eigenvalue weighted by atomic mass is 10.0. The first-order valence-corrected chi connectivity index (χ1v) is 6.05. The fourth-order valence-electron chi connectivity index (χ4n) is 1.44. The minimum atomic E-state index is -0.436. The lowest BCUT2D eigenvalue weighted by molar-refractivity contribution is 0.0913. The Bertz CT molecular complexity index is 441. The second kappa shape index (κ2) is 7.26. The van der Waals surface area contributed by atoms with E-state index in [1.165, 1.54) is 0 Å². The minimum Gasteiger partial charge on any atom is -0.346 e. The second-order valence-electron chi connectivity index (χ2n) is 4.90. The van der Waals surface area contributed by atoms with Gasteiger partial charge in [-0.1, -0.05) is 19.1 Å². The molecule has 19 heavy (non-hydrogen) atoms. The zero-order chi connectivity index (χ0) is 13.8.